The number of esters is 1. The van der Waals surface area contributed by atoms with Crippen LogP contribution in [-0.2, 0) is 16.1 Å². The topological polar surface area (TPSA) is 64.1 Å². The molecule has 0 bridgehead atoms. The molecule has 0 radical (unpaired) electrons. The van der Waals surface area contributed by atoms with E-state index in [1.807, 2.05) is 36.4 Å². The summed E-state index contributed by atoms with van der Waals surface area (Å²) in [4.78, 5) is 20.1. The Balaban J connectivity index is 1.81. The van der Waals surface area contributed by atoms with Crippen LogP contribution in [0.25, 0.3) is 0 Å². The van der Waals surface area contributed by atoms with E-state index in [1.165, 1.54) is 6.33 Å². The predicted molar refractivity (Wildman–Crippen MR) is 85.5 cm³/mol. The number of rotatable bonds is 7. The first kappa shape index (κ1) is 15.9. The summed E-state index contributed by atoms with van der Waals surface area (Å²) >= 11 is 0. The first-order chi connectivity index (χ1) is 10.7. The number of nitrogens with one attached hydrogen (secondary N) is 1. The van der Waals surface area contributed by atoms with Crippen LogP contribution in [0.3, 0.4) is 0 Å². The molecule has 22 heavy (non-hydrogen) atoms. The fraction of sp³-hybridized carbons (Fsp3) is 0.353. The van der Waals surface area contributed by atoms with Crippen molar-refractivity contribution < 1.29 is 9.53 Å². The van der Waals surface area contributed by atoms with E-state index in [1.54, 1.807) is 0 Å². The van der Waals surface area contributed by atoms with Crippen molar-refractivity contribution in [2.45, 2.75) is 32.8 Å². The van der Waals surface area contributed by atoms with E-state index in [2.05, 4.69) is 29.1 Å². The maximum atomic E-state index is 11.7. The van der Waals surface area contributed by atoms with Gasteiger partial charge in [0.1, 0.15) is 25.3 Å². The number of ether oxygens (including phenoxy) is 1. The van der Waals surface area contributed by atoms with E-state index >= 15 is 0 Å². The fourth-order valence-electron chi connectivity index (χ4n) is 1.90. The van der Waals surface area contributed by atoms with Crippen molar-refractivity contribution in [2.24, 2.45) is 0 Å². The molecule has 1 aromatic heterocycles. The molecule has 0 aliphatic rings. The van der Waals surface area contributed by atoms with Crippen LogP contribution in [0.15, 0.2) is 42.7 Å². The summed E-state index contributed by atoms with van der Waals surface area (Å²) in [6, 6.07) is 11.5. The number of hydrogen-bond donors (Lipinski definition) is 1. The molecule has 1 aromatic carbocycles. The Bertz CT molecular complexity index is 602. The molecule has 1 N–H and O–H groups in total. The number of carbonyl (C=O) groups excluding carboxylic acids is 1. The van der Waals surface area contributed by atoms with Gasteiger partial charge in [-0.3, -0.25) is 4.79 Å². The monoisotopic (exact) mass is 299 g/mol. The maximum absolute atomic E-state index is 11.7. The van der Waals surface area contributed by atoms with Crippen LogP contribution in [0.5, 0.6) is 0 Å². The van der Waals surface area contributed by atoms with Gasteiger partial charge in [-0.05, 0) is 17.9 Å². The van der Waals surface area contributed by atoms with Gasteiger partial charge in [0.15, 0.2) is 0 Å². The second kappa shape index (κ2) is 8.12. The standard InChI is InChI=1S/C17H21N3O2/c1-3-13(2)15-9-16(20-12-19-15)18-10-17(21)22-11-14-7-5-4-6-8-14/h4-9,12-13H,3,10-11H2,1-2H3,(H,18,19,20). The normalized spacial score (nSPS) is 11.7. The highest BCUT2D eigenvalue weighted by atomic mass is 16.5. The van der Waals surface area contributed by atoms with Gasteiger partial charge in [0, 0.05) is 11.8 Å². The molecule has 0 aliphatic heterocycles. The molecule has 2 rings (SSSR count). The number of carbonyl (C=O) groups is 1. The lowest BCUT2D eigenvalue weighted by atomic mass is 10.1. The van der Waals surface area contributed by atoms with Crippen molar-refractivity contribution in [2.75, 3.05) is 11.9 Å². The highest BCUT2D eigenvalue weighted by Crippen LogP contribution is 2.17. The number of anilines is 1. The highest BCUT2D eigenvalue weighted by molar-refractivity contribution is 5.74. The zero-order chi connectivity index (χ0) is 15.8. The van der Waals surface area contributed by atoms with Crippen LogP contribution in [0.1, 0.15) is 37.4 Å². The van der Waals surface area contributed by atoms with Crippen molar-refractivity contribution in [3.8, 4) is 0 Å². The van der Waals surface area contributed by atoms with E-state index in [0.717, 1.165) is 17.7 Å². The summed E-state index contributed by atoms with van der Waals surface area (Å²) in [6.07, 6.45) is 2.52. The summed E-state index contributed by atoms with van der Waals surface area (Å²) in [5.74, 6) is 0.697. The molecule has 0 saturated heterocycles. The average molecular weight is 299 g/mol. The molecule has 0 fully saturated rings. The van der Waals surface area contributed by atoms with Crippen LogP contribution < -0.4 is 5.32 Å². The number of benzene rings is 1. The lowest BCUT2D eigenvalue weighted by Gasteiger charge is -2.10. The van der Waals surface area contributed by atoms with Gasteiger partial charge < -0.3 is 10.1 Å². The smallest absolute Gasteiger partial charge is 0.325 e. The minimum absolute atomic E-state index is 0.0871. The molecule has 0 spiro atoms. The molecule has 1 heterocycles. The zero-order valence-corrected chi connectivity index (χ0v) is 13.0. The number of aromatic nitrogens is 2. The molecular formula is C17H21N3O2. The Morgan fingerprint density at radius 1 is 1.27 bits per heavy atom. The minimum Gasteiger partial charge on any atom is -0.460 e. The van der Waals surface area contributed by atoms with Gasteiger partial charge >= 0.3 is 5.97 Å². The third kappa shape index (κ3) is 4.84. The van der Waals surface area contributed by atoms with Crippen LogP contribution in [-0.4, -0.2) is 22.5 Å². The average Bonchev–Trinajstić information content (AvgIpc) is 2.58. The fourth-order valence-corrected chi connectivity index (χ4v) is 1.90. The maximum Gasteiger partial charge on any atom is 0.325 e. The van der Waals surface area contributed by atoms with Gasteiger partial charge in [0.25, 0.3) is 0 Å². The summed E-state index contributed by atoms with van der Waals surface area (Å²) in [5, 5.41) is 2.97. The number of hydrogen-bond acceptors (Lipinski definition) is 5. The van der Waals surface area contributed by atoms with Gasteiger partial charge in [-0.25, -0.2) is 9.97 Å². The van der Waals surface area contributed by atoms with Gasteiger partial charge in [-0.1, -0.05) is 44.2 Å². The first-order valence-corrected chi connectivity index (χ1v) is 7.44. The molecule has 5 heteroatoms. The molecular weight excluding hydrogens is 278 g/mol. The molecule has 0 amide bonds. The minimum atomic E-state index is -0.312. The molecule has 2 aromatic rings. The van der Waals surface area contributed by atoms with Crippen molar-refractivity contribution in [1.82, 2.24) is 9.97 Å². The summed E-state index contributed by atoms with van der Waals surface area (Å²) in [7, 11) is 0. The van der Waals surface area contributed by atoms with E-state index < -0.39 is 0 Å². The van der Waals surface area contributed by atoms with Crippen molar-refractivity contribution in [1.29, 1.82) is 0 Å². The van der Waals surface area contributed by atoms with Gasteiger partial charge in [0.05, 0.1) is 0 Å². The number of nitrogens with zero attached hydrogens (tertiary/aromatic N) is 2. The molecule has 0 aliphatic carbocycles. The van der Waals surface area contributed by atoms with Crippen molar-refractivity contribution >= 4 is 11.8 Å². The van der Waals surface area contributed by atoms with E-state index in [9.17, 15) is 4.79 Å². The van der Waals surface area contributed by atoms with E-state index in [0.29, 0.717) is 11.7 Å². The third-order valence-electron chi connectivity index (χ3n) is 3.46. The Morgan fingerprint density at radius 3 is 2.77 bits per heavy atom. The van der Waals surface area contributed by atoms with Crippen LogP contribution in [0.2, 0.25) is 0 Å². The molecule has 5 nitrogen and oxygen atoms in total. The van der Waals surface area contributed by atoms with Crippen LogP contribution >= 0.6 is 0 Å². The summed E-state index contributed by atoms with van der Waals surface area (Å²) in [5.41, 5.74) is 1.94. The first-order valence-electron chi connectivity index (χ1n) is 7.44. The van der Waals surface area contributed by atoms with Gasteiger partial charge in [-0.2, -0.15) is 0 Å². The van der Waals surface area contributed by atoms with Gasteiger partial charge in [0.2, 0.25) is 0 Å². The Kier molecular flexibility index (Phi) is 5.89. The third-order valence-corrected chi connectivity index (χ3v) is 3.46. The highest BCUT2D eigenvalue weighted by Gasteiger charge is 2.08. The van der Waals surface area contributed by atoms with Gasteiger partial charge in [-0.15, -0.1) is 0 Å². The lowest BCUT2D eigenvalue weighted by Crippen LogP contribution is -2.17. The van der Waals surface area contributed by atoms with E-state index in [4.69, 9.17) is 4.74 Å². The zero-order valence-electron chi connectivity index (χ0n) is 13.0. The Labute approximate surface area is 130 Å². The SMILES string of the molecule is CCC(C)c1cc(NCC(=O)OCc2ccccc2)ncn1. The molecule has 0 saturated carbocycles. The molecule has 1 atom stereocenters. The van der Waals surface area contributed by atoms with Crippen LogP contribution in [0, 0.1) is 0 Å². The Morgan fingerprint density at radius 2 is 2.05 bits per heavy atom. The van der Waals surface area contributed by atoms with Crippen LogP contribution in [0.4, 0.5) is 5.82 Å². The predicted octanol–water partition coefficient (Wildman–Crippen LogP) is 3.15. The largest absolute Gasteiger partial charge is 0.460 e. The molecule has 116 valence electrons. The summed E-state index contributed by atoms with van der Waals surface area (Å²) < 4.78 is 5.20. The van der Waals surface area contributed by atoms with E-state index in [-0.39, 0.29) is 19.1 Å². The quantitative estimate of drug-likeness (QED) is 0.796. The molecule has 1 unspecified atom stereocenters. The Hall–Kier alpha value is -2.43. The second-order valence-corrected chi connectivity index (χ2v) is 5.14. The summed E-state index contributed by atoms with van der Waals surface area (Å²) in [6.45, 7) is 4.59. The second-order valence-electron chi connectivity index (χ2n) is 5.14. The van der Waals surface area contributed by atoms with Crippen molar-refractivity contribution in [3.63, 3.8) is 0 Å². The van der Waals surface area contributed by atoms with Crippen molar-refractivity contribution in [3.05, 3.63) is 54.0 Å². The lowest BCUT2D eigenvalue weighted by molar-refractivity contribution is -0.142.